The number of anilines is 1. The largest absolute Gasteiger partial charge is 0.481 e. The Morgan fingerprint density at radius 2 is 2.05 bits per heavy atom. The molecular weight excluding hydrogens is 268 g/mol. The van der Waals surface area contributed by atoms with E-state index in [0.717, 1.165) is 19.3 Å². The molecule has 0 saturated heterocycles. The van der Waals surface area contributed by atoms with Crippen molar-refractivity contribution in [3.8, 4) is 0 Å². The van der Waals surface area contributed by atoms with E-state index >= 15 is 0 Å². The minimum atomic E-state index is -0.888. The summed E-state index contributed by atoms with van der Waals surface area (Å²) in [6, 6.07) is 6.75. The van der Waals surface area contributed by atoms with Crippen LogP contribution in [-0.4, -0.2) is 23.1 Å². The van der Waals surface area contributed by atoms with Gasteiger partial charge in [-0.1, -0.05) is 38.3 Å². The molecule has 1 rings (SSSR count). The summed E-state index contributed by atoms with van der Waals surface area (Å²) in [7, 11) is 0. The monoisotopic (exact) mass is 292 g/mol. The second-order valence-electron chi connectivity index (χ2n) is 5.27. The Kier molecular flexibility index (Phi) is 7.29. The highest BCUT2D eigenvalue weighted by atomic mass is 16.4. The third-order valence-electron chi connectivity index (χ3n) is 3.16. The van der Waals surface area contributed by atoms with Crippen molar-refractivity contribution in [1.29, 1.82) is 0 Å². The van der Waals surface area contributed by atoms with Gasteiger partial charge in [0.1, 0.15) is 0 Å². The highest BCUT2D eigenvalue weighted by Crippen LogP contribution is 2.11. The van der Waals surface area contributed by atoms with Crippen molar-refractivity contribution >= 4 is 17.7 Å². The minimum absolute atomic E-state index is 0.0510. The molecule has 1 aromatic rings. The summed E-state index contributed by atoms with van der Waals surface area (Å²) < 4.78 is 0. The minimum Gasteiger partial charge on any atom is -0.481 e. The highest BCUT2D eigenvalue weighted by Gasteiger charge is 2.08. The first-order chi connectivity index (χ1) is 10.0. The fourth-order valence-corrected chi connectivity index (χ4v) is 2.10. The molecule has 0 aliphatic heterocycles. The molecular formula is C16H24N2O3. The van der Waals surface area contributed by atoms with Crippen LogP contribution in [-0.2, 0) is 11.2 Å². The van der Waals surface area contributed by atoms with Gasteiger partial charge >= 0.3 is 12.0 Å². The molecule has 0 aromatic heterocycles. The molecule has 1 unspecified atom stereocenters. The highest BCUT2D eigenvalue weighted by molar-refractivity contribution is 5.89. The van der Waals surface area contributed by atoms with Gasteiger partial charge in [0, 0.05) is 11.7 Å². The summed E-state index contributed by atoms with van der Waals surface area (Å²) in [5.41, 5.74) is 1.27. The molecule has 2 amide bonds. The van der Waals surface area contributed by atoms with E-state index in [1.165, 1.54) is 6.42 Å². The van der Waals surface area contributed by atoms with Crippen molar-refractivity contribution in [3.05, 3.63) is 29.8 Å². The standard InChI is InChI=1S/C16H24N2O3/c1-3-4-5-7-12(2)17-16(21)18-14-9-6-8-13(10-14)11-15(19)20/h6,8-10,12H,3-5,7,11H2,1-2H3,(H,19,20)(H2,17,18,21). The zero-order chi connectivity index (χ0) is 15.7. The number of urea groups is 1. The van der Waals surface area contributed by atoms with Gasteiger partial charge in [-0.05, 0) is 31.0 Å². The van der Waals surface area contributed by atoms with Gasteiger partial charge in [0.2, 0.25) is 0 Å². The Morgan fingerprint density at radius 1 is 1.29 bits per heavy atom. The quantitative estimate of drug-likeness (QED) is 0.642. The molecule has 3 N–H and O–H groups in total. The van der Waals surface area contributed by atoms with E-state index in [1.54, 1.807) is 24.3 Å². The van der Waals surface area contributed by atoms with Gasteiger partial charge in [0.05, 0.1) is 6.42 Å². The maximum atomic E-state index is 11.9. The normalized spacial score (nSPS) is 11.7. The van der Waals surface area contributed by atoms with Crippen LogP contribution in [0.5, 0.6) is 0 Å². The van der Waals surface area contributed by atoms with Crippen molar-refractivity contribution in [2.24, 2.45) is 0 Å². The lowest BCUT2D eigenvalue weighted by atomic mass is 10.1. The average molecular weight is 292 g/mol. The van der Waals surface area contributed by atoms with Crippen LogP contribution in [0.4, 0.5) is 10.5 Å². The van der Waals surface area contributed by atoms with Crippen LogP contribution < -0.4 is 10.6 Å². The SMILES string of the molecule is CCCCCC(C)NC(=O)Nc1cccc(CC(=O)O)c1. The van der Waals surface area contributed by atoms with Crippen LogP contribution in [0.1, 0.15) is 45.1 Å². The topological polar surface area (TPSA) is 78.4 Å². The zero-order valence-electron chi connectivity index (χ0n) is 12.7. The second-order valence-corrected chi connectivity index (χ2v) is 5.27. The number of carbonyl (C=O) groups is 2. The van der Waals surface area contributed by atoms with Crippen LogP contribution >= 0.6 is 0 Å². The molecule has 0 fully saturated rings. The molecule has 0 spiro atoms. The molecule has 0 bridgehead atoms. The van der Waals surface area contributed by atoms with Crippen LogP contribution in [0.15, 0.2) is 24.3 Å². The van der Waals surface area contributed by atoms with E-state index in [9.17, 15) is 9.59 Å². The Bertz CT molecular complexity index is 474. The Balaban J connectivity index is 2.45. The predicted octanol–water partition coefficient (Wildman–Crippen LogP) is 3.40. The molecule has 0 heterocycles. The number of rotatable bonds is 8. The molecule has 0 aliphatic rings. The molecule has 116 valence electrons. The number of nitrogens with one attached hydrogen (secondary N) is 2. The number of amides is 2. The van der Waals surface area contributed by atoms with E-state index < -0.39 is 5.97 Å². The first-order valence-corrected chi connectivity index (χ1v) is 7.39. The zero-order valence-corrected chi connectivity index (χ0v) is 12.7. The summed E-state index contributed by atoms with van der Waals surface area (Å²) in [6.45, 7) is 4.13. The number of carboxylic acid groups (broad SMARTS) is 1. The number of carboxylic acids is 1. The molecule has 0 aliphatic carbocycles. The molecule has 0 saturated carbocycles. The molecule has 5 heteroatoms. The fourth-order valence-electron chi connectivity index (χ4n) is 2.10. The first-order valence-electron chi connectivity index (χ1n) is 7.39. The van der Waals surface area contributed by atoms with Gasteiger partial charge < -0.3 is 15.7 Å². The van der Waals surface area contributed by atoms with E-state index in [-0.39, 0.29) is 18.5 Å². The average Bonchev–Trinajstić information content (AvgIpc) is 2.38. The Labute approximate surface area is 125 Å². The van der Waals surface area contributed by atoms with Crippen molar-refractivity contribution in [2.75, 3.05) is 5.32 Å². The van der Waals surface area contributed by atoms with Crippen LogP contribution in [0.2, 0.25) is 0 Å². The van der Waals surface area contributed by atoms with Crippen molar-refractivity contribution in [2.45, 2.75) is 52.0 Å². The fraction of sp³-hybridized carbons (Fsp3) is 0.500. The van der Waals surface area contributed by atoms with Crippen LogP contribution in [0.25, 0.3) is 0 Å². The Hall–Kier alpha value is -2.04. The summed E-state index contributed by atoms with van der Waals surface area (Å²) in [6.07, 6.45) is 4.34. The number of hydrogen-bond donors (Lipinski definition) is 3. The van der Waals surface area contributed by atoms with E-state index in [2.05, 4.69) is 17.6 Å². The lowest BCUT2D eigenvalue weighted by Crippen LogP contribution is -2.36. The number of aliphatic carboxylic acids is 1. The number of hydrogen-bond acceptors (Lipinski definition) is 2. The summed E-state index contributed by atoms with van der Waals surface area (Å²) >= 11 is 0. The van der Waals surface area contributed by atoms with E-state index in [0.29, 0.717) is 11.3 Å². The van der Waals surface area contributed by atoms with Gasteiger partial charge in [0.25, 0.3) is 0 Å². The van der Waals surface area contributed by atoms with Crippen molar-refractivity contribution in [3.63, 3.8) is 0 Å². The molecule has 21 heavy (non-hydrogen) atoms. The van der Waals surface area contributed by atoms with Gasteiger partial charge in [-0.15, -0.1) is 0 Å². The summed E-state index contributed by atoms with van der Waals surface area (Å²) in [5.74, 6) is -0.888. The first kappa shape index (κ1) is 17.0. The summed E-state index contributed by atoms with van der Waals surface area (Å²) in [4.78, 5) is 22.5. The maximum absolute atomic E-state index is 11.9. The van der Waals surface area contributed by atoms with Gasteiger partial charge in [0.15, 0.2) is 0 Å². The number of benzene rings is 1. The molecule has 0 radical (unpaired) electrons. The van der Waals surface area contributed by atoms with Gasteiger partial charge in [-0.2, -0.15) is 0 Å². The third kappa shape index (κ3) is 7.34. The predicted molar refractivity (Wildman–Crippen MR) is 83.5 cm³/mol. The van der Waals surface area contributed by atoms with Crippen LogP contribution in [0, 0.1) is 0 Å². The van der Waals surface area contributed by atoms with Gasteiger partial charge in [-0.3, -0.25) is 4.79 Å². The summed E-state index contributed by atoms with van der Waals surface area (Å²) in [5, 5.41) is 14.4. The Morgan fingerprint density at radius 3 is 2.71 bits per heavy atom. The van der Waals surface area contributed by atoms with Crippen molar-refractivity contribution in [1.82, 2.24) is 5.32 Å². The maximum Gasteiger partial charge on any atom is 0.319 e. The van der Waals surface area contributed by atoms with E-state index in [1.807, 2.05) is 6.92 Å². The van der Waals surface area contributed by atoms with Crippen molar-refractivity contribution < 1.29 is 14.7 Å². The molecule has 1 aromatic carbocycles. The number of unbranched alkanes of at least 4 members (excludes halogenated alkanes) is 2. The molecule has 5 nitrogen and oxygen atoms in total. The number of carbonyl (C=O) groups excluding carboxylic acids is 1. The second kappa shape index (κ2) is 9.00. The van der Waals surface area contributed by atoms with Gasteiger partial charge in [-0.25, -0.2) is 4.79 Å². The van der Waals surface area contributed by atoms with E-state index in [4.69, 9.17) is 5.11 Å². The third-order valence-corrected chi connectivity index (χ3v) is 3.16. The lowest BCUT2D eigenvalue weighted by Gasteiger charge is -2.14. The lowest BCUT2D eigenvalue weighted by molar-refractivity contribution is -0.136. The molecule has 1 atom stereocenters. The smallest absolute Gasteiger partial charge is 0.319 e. The van der Waals surface area contributed by atoms with Crippen LogP contribution in [0.3, 0.4) is 0 Å².